The smallest absolute Gasteiger partial charge is 0.418 e. The lowest BCUT2D eigenvalue weighted by atomic mass is 9.97. The molecule has 0 saturated heterocycles. The maximum Gasteiger partial charge on any atom is 0.418 e. The highest BCUT2D eigenvalue weighted by Crippen LogP contribution is 2.38. The van der Waals surface area contributed by atoms with Crippen LogP contribution in [0.5, 0.6) is 0 Å². The van der Waals surface area contributed by atoms with Crippen LogP contribution in [0.1, 0.15) is 18.9 Å². The van der Waals surface area contributed by atoms with Crippen LogP contribution in [-0.4, -0.2) is 11.7 Å². The van der Waals surface area contributed by atoms with Crippen LogP contribution in [0.25, 0.3) is 0 Å². The van der Waals surface area contributed by atoms with Crippen LogP contribution in [0.4, 0.5) is 18.9 Å². The quantitative estimate of drug-likeness (QED) is 0.655. The molecule has 0 unspecified atom stereocenters. The molecule has 24 heavy (non-hydrogen) atoms. The largest absolute Gasteiger partial charge is 0.426 e. The second-order valence-electron chi connectivity index (χ2n) is 5.38. The Bertz CT molecular complexity index is 848. The van der Waals surface area contributed by atoms with Crippen molar-refractivity contribution in [2.24, 2.45) is 4.99 Å². The van der Waals surface area contributed by atoms with E-state index in [0.717, 1.165) is 29.3 Å². The van der Waals surface area contributed by atoms with E-state index in [1.165, 1.54) is 6.08 Å². The van der Waals surface area contributed by atoms with E-state index in [4.69, 9.17) is 16.3 Å². The first kappa shape index (κ1) is 16.5. The van der Waals surface area contributed by atoms with Gasteiger partial charge in [0.25, 0.3) is 0 Å². The van der Waals surface area contributed by atoms with Crippen molar-refractivity contribution in [1.82, 2.24) is 0 Å². The molecule has 0 bridgehead atoms. The molecule has 0 radical (unpaired) electrons. The highest BCUT2D eigenvalue weighted by Gasteiger charge is 2.33. The van der Waals surface area contributed by atoms with Gasteiger partial charge in [-0.3, -0.25) is 4.79 Å². The van der Waals surface area contributed by atoms with Gasteiger partial charge < -0.3 is 4.74 Å². The highest BCUT2D eigenvalue weighted by molar-refractivity contribution is 6.30. The third kappa shape index (κ3) is 3.28. The van der Waals surface area contributed by atoms with Crippen LogP contribution in [-0.2, 0) is 15.7 Å². The molecule has 1 aromatic rings. The molecule has 7 heteroatoms. The molecule has 1 aliphatic carbocycles. The number of alkyl halides is 3. The van der Waals surface area contributed by atoms with E-state index in [1.807, 2.05) is 0 Å². The predicted molar refractivity (Wildman–Crippen MR) is 84.2 cm³/mol. The molecule has 0 amide bonds. The van der Waals surface area contributed by atoms with E-state index >= 15 is 0 Å². The molecule has 124 valence electrons. The van der Waals surface area contributed by atoms with E-state index < -0.39 is 17.7 Å². The zero-order chi connectivity index (χ0) is 17.5. The average molecular weight is 354 g/mol. The van der Waals surface area contributed by atoms with Gasteiger partial charge in [0, 0.05) is 16.7 Å². The lowest BCUT2D eigenvalue weighted by Gasteiger charge is -2.21. The minimum Gasteiger partial charge on any atom is -0.426 e. The van der Waals surface area contributed by atoms with Crippen LogP contribution in [0.2, 0.25) is 5.02 Å². The predicted octanol–water partition coefficient (Wildman–Crippen LogP) is 5.15. The SMILES string of the molecule is CC1=C2C=CC(=Nc3cc(Cl)ccc3C(F)(F)F)C=C2OC(=O)C1. The Morgan fingerprint density at radius 2 is 2.00 bits per heavy atom. The summed E-state index contributed by atoms with van der Waals surface area (Å²) in [6, 6.07) is 3.20. The summed E-state index contributed by atoms with van der Waals surface area (Å²) < 4.78 is 44.4. The van der Waals surface area contributed by atoms with Gasteiger partial charge in [-0.05, 0) is 37.3 Å². The summed E-state index contributed by atoms with van der Waals surface area (Å²) in [7, 11) is 0. The number of ether oxygens (including phenoxy) is 1. The molecule has 0 aromatic heterocycles. The van der Waals surface area contributed by atoms with Gasteiger partial charge in [0.2, 0.25) is 0 Å². The van der Waals surface area contributed by atoms with Crippen LogP contribution < -0.4 is 0 Å². The van der Waals surface area contributed by atoms with Crippen molar-refractivity contribution in [1.29, 1.82) is 0 Å². The number of rotatable bonds is 1. The maximum absolute atomic E-state index is 13.1. The summed E-state index contributed by atoms with van der Waals surface area (Å²) in [6.45, 7) is 1.80. The molecule has 2 aliphatic rings. The third-order valence-electron chi connectivity index (χ3n) is 3.57. The first-order valence-corrected chi connectivity index (χ1v) is 7.38. The number of esters is 1. The Balaban J connectivity index is 2.06. The summed E-state index contributed by atoms with van der Waals surface area (Å²) in [6.07, 6.45) is 0.331. The van der Waals surface area contributed by atoms with Gasteiger partial charge in [0.1, 0.15) is 5.76 Å². The Hall–Kier alpha value is -2.34. The minimum absolute atomic E-state index is 0.148. The van der Waals surface area contributed by atoms with Crippen molar-refractivity contribution in [3.8, 4) is 0 Å². The molecule has 1 aromatic carbocycles. The summed E-state index contributed by atoms with van der Waals surface area (Å²) in [5, 5.41) is 0.148. The molecule has 1 heterocycles. The molecule has 0 N–H and O–H groups in total. The van der Waals surface area contributed by atoms with Crippen molar-refractivity contribution in [3.05, 3.63) is 63.9 Å². The Morgan fingerprint density at radius 3 is 2.71 bits per heavy atom. The molecule has 1 aliphatic heterocycles. The minimum atomic E-state index is -4.55. The number of nitrogens with zero attached hydrogens (tertiary/aromatic N) is 1. The first-order valence-electron chi connectivity index (χ1n) is 7.00. The fourth-order valence-corrected chi connectivity index (χ4v) is 2.63. The average Bonchev–Trinajstić information content (AvgIpc) is 2.45. The van der Waals surface area contributed by atoms with Gasteiger partial charge in [0.05, 0.1) is 23.4 Å². The monoisotopic (exact) mass is 353 g/mol. The van der Waals surface area contributed by atoms with E-state index in [2.05, 4.69) is 4.99 Å². The van der Waals surface area contributed by atoms with E-state index in [-0.39, 0.29) is 22.8 Å². The number of fused-ring (bicyclic) bond motifs is 1. The van der Waals surface area contributed by atoms with E-state index in [1.54, 1.807) is 19.1 Å². The Kier molecular flexibility index (Phi) is 4.09. The first-order chi connectivity index (χ1) is 11.2. The van der Waals surface area contributed by atoms with Crippen LogP contribution >= 0.6 is 11.6 Å². The van der Waals surface area contributed by atoms with Crippen LogP contribution in [0.3, 0.4) is 0 Å². The Morgan fingerprint density at radius 1 is 1.25 bits per heavy atom. The number of halogens is 4. The molecule has 0 atom stereocenters. The lowest BCUT2D eigenvalue weighted by Crippen LogP contribution is -2.16. The molecule has 0 fully saturated rings. The standard InChI is InChI=1S/C17H11ClF3NO2/c1-9-6-16(23)24-15-8-11(3-4-12(9)15)22-14-7-10(18)2-5-13(14)17(19,20)21/h2-5,7-8H,6H2,1H3. The summed E-state index contributed by atoms with van der Waals surface area (Å²) in [4.78, 5) is 15.5. The normalized spacial score (nSPS) is 19.3. The fourth-order valence-electron chi connectivity index (χ4n) is 2.46. The molecule has 3 nitrogen and oxygen atoms in total. The van der Waals surface area contributed by atoms with Gasteiger partial charge in [-0.25, -0.2) is 4.99 Å². The second kappa shape index (κ2) is 5.94. The van der Waals surface area contributed by atoms with E-state index in [9.17, 15) is 18.0 Å². The fraction of sp³-hybridized carbons (Fsp3) is 0.176. The molecular formula is C17H11ClF3NO2. The summed E-state index contributed by atoms with van der Waals surface area (Å²) in [5.74, 6) is -0.114. The summed E-state index contributed by atoms with van der Waals surface area (Å²) >= 11 is 5.79. The number of benzene rings is 1. The van der Waals surface area contributed by atoms with Crippen molar-refractivity contribution in [2.75, 3.05) is 0 Å². The lowest BCUT2D eigenvalue weighted by molar-refractivity contribution is -0.139. The summed E-state index contributed by atoms with van der Waals surface area (Å²) in [5.41, 5.74) is 0.647. The van der Waals surface area contributed by atoms with Gasteiger partial charge in [0.15, 0.2) is 0 Å². The van der Waals surface area contributed by atoms with Crippen molar-refractivity contribution < 1.29 is 22.7 Å². The number of aliphatic imine (C=N–C) groups is 1. The van der Waals surface area contributed by atoms with Gasteiger partial charge in [-0.1, -0.05) is 17.2 Å². The molecule has 0 saturated carbocycles. The number of hydrogen-bond acceptors (Lipinski definition) is 3. The van der Waals surface area contributed by atoms with Gasteiger partial charge >= 0.3 is 12.1 Å². The highest BCUT2D eigenvalue weighted by atomic mass is 35.5. The number of carbonyl (C=O) groups is 1. The van der Waals surface area contributed by atoms with Crippen molar-refractivity contribution in [2.45, 2.75) is 19.5 Å². The van der Waals surface area contributed by atoms with Gasteiger partial charge in [-0.2, -0.15) is 13.2 Å². The Labute approximate surface area is 140 Å². The number of allylic oxidation sites excluding steroid dienone is 3. The van der Waals surface area contributed by atoms with Crippen LogP contribution in [0.15, 0.2) is 58.3 Å². The molecule has 0 spiro atoms. The third-order valence-corrected chi connectivity index (χ3v) is 3.81. The zero-order valence-electron chi connectivity index (χ0n) is 12.4. The second-order valence-corrected chi connectivity index (χ2v) is 5.82. The maximum atomic E-state index is 13.1. The van der Waals surface area contributed by atoms with E-state index in [0.29, 0.717) is 5.76 Å². The van der Waals surface area contributed by atoms with Gasteiger partial charge in [-0.15, -0.1) is 0 Å². The zero-order valence-corrected chi connectivity index (χ0v) is 13.2. The van der Waals surface area contributed by atoms with Crippen molar-refractivity contribution in [3.63, 3.8) is 0 Å². The molecular weight excluding hydrogens is 343 g/mol. The topological polar surface area (TPSA) is 38.7 Å². The van der Waals surface area contributed by atoms with Crippen LogP contribution in [0, 0.1) is 0 Å². The molecule has 3 rings (SSSR count). The number of carbonyl (C=O) groups excluding carboxylic acids is 1. The number of hydrogen-bond donors (Lipinski definition) is 0. The van der Waals surface area contributed by atoms with Crippen molar-refractivity contribution >= 4 is 29.0 Å².